The number of amides is 2. The summed E-state index contributed by atoms with van der Waals surface area (Å²) in [7, 11) is 6.21. The molecular weight excluding hydrogens is 512 g/mol. The van der Waals surface area contributed by atoms with E-state index in [4.69, 9.17) is 24.4 Å². The first-order chi connectivity index (χ1) is 19.4. The molecule has 0 heterocycles. The van der Waals surface area contributed by atoms with Gasteiger partial charge in [0.05, 0.1) is 34.9 Å². The Hall–Kier alpha value is -4.73. The largest absolute Gasteiger partial charge is 0.493 e. The van der Waals surface area contributed by atoms with Crippen LogP contribution in [-0.4, -0.2) is 58.8 Å². The Balaban J connectivity index is 1.60. The number of rotatable bonds is 13. The van der Waals surface area contributed by atoms with E-state index in [0.29, 0.717) is 47.9 Å². The predicted octanol–water partition coefficient (Wildman–Crippen LogP) is 2.87. The van der Waals surface area contributed by atoms with Crippen molar-refractivity contribution in [3.63, 3.8) is 0 Å². The Morgan fingerprint density at radius 1 is 0.750 bits per heavy atom. The van der Waals surface area contributed by atoms with Gasteiger partial charge < -0.3 is 29.6 Å². The summed E-state index contributed by atoms with van der Waals surface area (Å²) in [4.78, 5) is 25.8. The molecular formula is C30H36N4O6. The van der Waals surface area contributed by atoms with Gasteiger partial charge in [0.25, 0.3) is 0 Å². The first-order valence-electron chi connectivity index (χ1n) is 12.7. The number of guanidine groups is 1. The molecule has 0 fully saturated rings. The summed E-state index contributed by atoms with van der Waals surface area (Å²) < 4.78 is 21.1. The minimum Gasteiger partial charge on any atom is -0.493 e. The van der Waals surface area contributed by atoms with Crippen molar-refractivity contribution >= 4 is 17.8 Å². The van der Waals surface area contributed by atoms with E-state index in [0.717, 1.165) is 11.1 Å². The fourth-order valence-electron chi connectivity index (χ4n) is 4.12. The molecule has 212 valence electrons. The molecule has 40 heavy (non-hydrogen) atoms. The van der Waals surface area contributed by atoms with Gasteiger partial charge in [-0.2, -0.15) is 0 Å². The molecule has 10 heteroatoms. The Labute approximate surface area is 234 Å². The maximum Gasteiger partial charge on any atom is 0.242 e. The van der Waals surface area contributed by atoms with Crippen molar-refractivity contribution in [3.8, 4) is 23.0 Å². The van der Waals surface area contributed by atoms with E-state index in [9.17, 15) is 9.59 Å². The smallest absolute Gasteiger partial charge is 0.242 e. The minimum absolute atomic E-state index is 0.0191. The molecule has 0 aliphatic heterocycles. The predicted molar refractivity (Wildman–Crippen MR) is 152 cm³/mol. The summed E-state index contributed by atoms with van der Waals surface area (Å²) >= 11 is 0. The second-order valence-corrected chi connectivity index (χ2v) is 8.91. The molecule has 10 nitrogen and oxygen atoms in total. The monoisotopic (exact) mass is 548 g/mol. The van der Waals surface area contributed by atoms with Crippen molar-refractivity contribution < 1.29 is 28.5 Å². The number of ether oxygens (including phenoxy) is 4. The van der Waals surface area contributed by atoms with E-state index in [1.54, 1.807) is 32.4 Å². The average Bonchev–Trinajstić information content (AvgIpc) is 2.96. The van der Waals surface area contributed by atoms with Crippen LogP contribution in [0.3, 0.4) is 0 Å². The maximum atomic E-state index is 13.2. The van der Waals surface area contributed by atoms with Crippen LogP contribution in [0.1, 0.15) is 16.7 Å². The zero-order chi connectivity index (χ0) is 28.9. The van der Waals surface area contributed by atoms with Crippen LogP contribution in [0.4, 0.5) is 0 Å². The van der Waals surface area contributed by atoms with E-state index in [1.165, 1.54) is 14.2 Å². The molecule has 3 aromatic rings. The third-order valence-corrected chi connectivity index (χ3v) is 6.16. The lowest BCUT2D eigenvalue weighted by atomic mass is 10.1. The van der Waals surface area contributed by atoms with E-state index in [1.807, 2.05) is 48.5 Å². The maximum absolute atomic E-state index is 13.2. The third-order valence-electron chi connectivity index (χ3n) is 6.16. The lowest BCUT2D eigenvalue weighted by Gasteiger charge is -2.20. The molecule has 4 N–H and O–H groups in total. The molecule has 0 aliphatic rings. The van der Waals surface area contributed by atoms with Gasteiger partial charge in [0.1, 0.15) is 6.04 Å². The second kappa shape index (κ2) is 15.0. The lowest BCUT2D eigenvalue weighted by molar-refractivity contribution is -0.123. The normalized spacial score (nSPS) is 11.1. The highest BCUT2D eigenvalue weighted by molar-refractivity contribution is 5.98. The van der Waals surface area contributed by atoms with Crippen molar-refractivity contribution in [2.45, 2.75) is 25.3 Å². The molecule has 1 atom stereocenters. The van der Waals surface area contributed by atoms with Crippen molar-refractivity contribution in [2.75, 3.05) is 35.0 Å². The summed E-state index contributed by atoms with van der Waals surface area (Å²) in [6, 6.07) is 19.5. The van der Waals surface area contributed by atoms with Crippen LogP contribution in [0.2, 0.25) is 0 Å². The molecule has 0 spiro atoms. The highest BCUT2D eigenvalue weighted by atomic mass is 16.5. The fourth-order valence-corrected chi connectivity index (χ4v) is 4.12. The van der Waals surface area contributed by atoms with Gasteiger partial charge in [-0.25, -0.2) is 0 Å². The molecule has 3 aromatic carbocycles. The number of hydrogen-bond acceptors (Lipinski definition) is 7. The van der Waals surface area contributed by atoms with Crippen LogP contribution < -0.4 is 34.9 Å². The second-order valence-electron chi connectivity index (χ2n) is 8.91. The molecule has 0 unspecified atom stereocenters. The van der Waals surface area contributed by atoms with Gasteiger partial charge in [-0.3, -0.25) is 20.3 Å². The van der Waals surface area contributed by atoms with Gasteiger partial charge in [-0.15, -0.1) is 0 Å². The Kier molecular flexibility index (Phi) is 11.2. The van der Waals surface area contributed by atoms with Crippen LogP contribution in [0.25, 0.3) is 0 Å². The van der Waals surface area contributed by atoms with Gasteiger partial charge in [-0.1, -0.05) is 42.5 Å². The third kappa shape index (κ3) is 8.65. The number of carbonyl (C=O) groups is 2. The van der Waals surface area contributed by atoms with Crippen LogP contribution in [0.15, 0.2) is 66.7 Å². The highest BCUT2D eigenvalue weighted by Crippen LogP contribution is 2.28. The number of methoxy groups -OCH3 is 4. The van der Waals surface area contributed by atoms with Crippen LogP contribution >= 0.6 is 0 Å². The number of hydrogen-bond donors (Lipinski definition) is 4. The molecule has 0 aliphatic carbocycles. The topological polar surface area (TPSA) is 131 Å². The number of carbonyl (C=O) groups excluding carboxylic acids is 2. The Morgan fingerprint density at radius 3 is 1.93 bits per heavy atom. The van der Waals surface area contributed by atoms with E-state index in [-0.39, 0.29) is 18.3 Å². The quantitative estimate of drug-likeness (QED) is 0.191. The average molecular weight is 549 g/mol. The Morgan fingerprint density at radius 2 is 1.32 bits per heavy atom. The molecule has 0 saturated heterocycles. The highest BCUT2D eigenvalue weighted by Gasteiger charge is 2.21. The van der Waals surface area contributed by atoms with Gasteiger partial charge in [-0.05, 0) is 47.4 Å². The van der Waals surface area contributed by atoms with Crippen LogP contribution in [0, 0.1) is 5.41 Å². The zero-order valence-corrected chi connectivity index (χ0v) is 23.2. The Bertz CT molecular complexity index is 1300. The van der Waals surface area contributed by atoms with Crippen molar-refractivity contribution in [2.24, 2.45) is 0 Å². The summed E-state index contributed by atoms with van der Waals surface area (Å²) in [6.45, 7) is 0.375. The van der Waals surface area contributed by atoms with Crippen molar-refractivity contribution in [1.29, 1.82) is 5.41 Å². The standard InChI is InChI=1S/C30H36N4O6/c1-37-24-12-10-21(17-26(24)39-3)14-15-32-29(36)23(16-20-8-6-5-7-9-20)33-30(31)34-28(35)19-22-11-13-25(38-2)27(18-22)40-4/h5-13,17-18,23H,14-16,19H2,1-4H3,(H,32,36)(H3,31,33,34,35)/t23-/m1/s1. The summed E-state index contributed by atoms with van der Waals surface area (Å²) in [5, 5.41) is 16.6. The van der Waals surface area contributed by atoms with Gasteiger partial charge in [0.15, 0.2) is 29.0 Å². The summed E-state index contributed by atoms with van der Waals surface area (Å²) in [5.41, 5.74) is 2.58. The lowest BCUT2D eigenvalue weighted by Crippen LogP contribution is -2.52. The first kappa shape index (κ1) is 29.8. The fraction of sp³-hybridized carbons (Fsp3) is 0.300. The summed E-state index contributed by atoms with van der Waals surface area (Å²) in [5.74, 6) is 1.36. The van der Waals surface area contributed by atoms with Gasteiger partial charge in [0, 0.05) is 13.0 Å². The van der Waals surface area contributed by atoms with Crippen LogP contribution in [0.5, 0.6) is 23.0 Å². The first-order valence-corrected chi connectivity index (χ1v) is 12.7. The molecule has 0 aromatic heterocycles. The zero-order valence-electron chi connectivity index (χ0n) is 23.2. The summed E-state index contributed by atoms with van der Waals surface area (Å²) in [6.07, 6.45) is 0.923. The van der Waals surface area contributed by atoms with Gasteiger partial charge >= 0.3 is 0 Å². The van der Waals surface area contributed by atoms with E-state index >= 15 is 0 Å². The van der Waals surface area contributed by atoms with E-state index in [2.05, 4.69) is 16.0 Å². The SMILES string of the molecule is COc1ccc(CCNC(=O)[C@@H](Cc2ccccc2)NC(=N)NC(=O)Cc2ccc(OC)c(OC)c2)cc1OC. The number of benzene rings is 3. The molecule has 0 saturated carbocycles. The van der Waals surface area contributed by atoms with Crippen molar-refractivity contribution in [1.82, 2.24) is 16.0 Å². The van der Waals surface area contributed by atoms with Crippen LogP contribution in [-0.2, 0) is 28.9 Å². The molecule has 0 bridgehead atoms. The minimum atomic E-state index is -0.776. The molecule has 2 amide bonds. The number of nitrogens with one attached hydrogen (secondary N) is 4. The van der Waals surface area contributed by atoms with Crippen molar-refractivity contribution in [3.05, 3.63) is 83.4 Å². The molecule has 0 radical (unpaired) electrons. The van der Waals surface area contributed by atoms with E-state index < -0.39 is 11.9 Å². The molecule has 3 rings (SSSR count). The van der Waals surface area contributed by atoms with Gasteiger partial charge in [0.2, 0.25) is 11.8 Å².